The summed E-state index contributed by atoms with van der Waals surface area (Å²) in [6, 6.07) is 3.55. The van der Waals surface area contributed by atoms with E-state index in [9.17, 15) is 4.79 Å². The monoisotopic (exact) mass is 292 g/mol. The number of carboxylic acids is 1. The predicted octanol–water partition coefficient (Wildman–Crippen LogP) is 2.36. The second kappa shape index (κ2) is 8.29. The highest BCUT2D eigenvalue weighted by Gasteiger charge is 2.28. The van der Waals surface area contributed by atoms with Gasteiger partial charge in [-0.05, 0) is 31.0 Å². The van der Waals surface area contributed by atoms with Crippen LogP contribution in [0.1, 0.15) is 24.8 Å². The lowest BCUT2D eigenvalue weighted by atomic mass is 10.0. The normalized spacial score (nSPS) is 19.4. The first-order valence-electron chi connectivity index (χ1n) is 5.63. The Balaban J connectivity index is 0.00000144. The number of halogens is 2. The molecule has 0 amide bonds. The zero-order valence-corrected chi connectivity index (χ0v) is 11.6. The minimum atomic E-state index is -0.705. The van der Waals surface area contributed by atoms with E-state index >= 15 is 0 Å². The van der Waals surface area contributed by atoms with Crippen LogP contribution in [0.3, 0.4) is 0 Å². The lowest BCUT2D eigenvalue weighted by Crippen LogP contribution is -2.43. The molecule has 1 aliphatic heterocycles. The summed E-state index contributed by atoms with van der Waals surface area (Å²) in [6.07, 6.45) is 6.39. The first-order valence-corrected chi connectivity index (χ1v) is 5.63. The summed E-state index contributed by atoms with van der Waals surface area (Å²) in [7, 11) is 0. The Morgan fingerprint density at radius 1 is 1.44 bits per heavy atom. The summed E-state index contributed by atoms with van der Waals surface area (Å²) in [6.45, 7) is 1.55. The molecule has 0 bridgehead atoms. The molecule has 0 aromatic carbocycles. The summed E-state index contributed by atoms with van der Waals surface area (Å²) in [5.41, 5.74) is 1.08. The van der Waals surface area contributed by atoms with Gasteiger partial charge in [0.25, 0.3) is 0 Å². The molecular weight excluding hydrogens is 275 g/mol. The Morgan fingerprint density at radius 2 is 2.22 bits per heavy atom. The summed E-state index contributed by atoms with van der Waals surface area (Å²) < 4.78 is 0. The zero-order chi connectivity index (χ0) is 11.4. The summed E-state index contributed by atoms with van der Waals surface area (Å²) in [4.78, 5) is 17.2. The Bertz CT molecular complexity index is 362. The summed E-state index contributed by atoms with van der Waals surface area (Å²) in [5.74, 6) is -0.705. The lowest BCUT2D eigenvalue weighted by Gasteiger charge is -2.32. The largest absolute Gasteiger partial charge is 0.480 e. The zero-order valence-electron chi connectivity index (χ0n) is 9.99. The standard InChI is InChI=1S/C12H16N2O2.2ClH/c15-12(16)11-5-1-2-7-14(11)9-10-4-3-6-13-8-10;;/h3-4,6,8,11H,1-2,5,7,9H2,(H,15,16);2*1H. The highest BCUT2D eigenvalue weighted by Crippen LogP contribution is 2.19. The number of carboxylic acid groups (broad SMARTS) is 1. The van der Waals surface area contributed by atoms with Gasteiger partial charge in [-0.1, -0.05) is 12.5 Å². The molecule has 2 heterocycles. The molecule has 1 aliphatic rings. The minimum Gasteiger partial charge on any atom is -0.480 e. The number of piperidine rings is 1. The quantitative estimate of drug-likeness (QED) is 0.929. The second-order valence-corrected chi connectivity index (χ2v) is 4.18. The number of nitrogens with zero attached hydrogens (tertiary/aromatic N) is 2. The maximum atomic E-state index is 11.1. The number of hydrogen-bond acceptors (Lipinski definition) is 3. The van der Waals surface area contributed by atoms with Crippen LogP contribution in [0.5, 0.6) is 0 Å². The van der Waals surface area contributed by atoms with Gasteiger partial charge in [-0.3, -0.25) is 14.7 Å². The molecule has 0 radical (unpaired) electrons. The van der Waals surface area contributed by atoms with Gasteiger partial charge in [-0.25, -0.2) is 0 Å². The molecule has 102 valence electrons. The number of carbonyl (C=O) groups is 1. The van der Waals surface area contributed by atoms with Crippen molar-refractivity contribution in [1.29, 1.82) is 0 Å². The molecule has 6 heteroatoms. The molecule has 1 aromatic rings. The molecule has 2 rings (SSSR count). The molecule has 1 aromatic heterocycles. The van der Waals surface area contributed by atoms with E-state index < -0.39 is 5.97 Å². The van der Waals surface area contributed by atoms with E-state index in [0.717, 1.165) is 31.4 Å². The van der Waals surface area contributed by atoms with Gasteiger partial charge in [0.1, 0.15) is 6.04 Å². The van der Waals surface area contributed by atoms with Gasteiger partial charge in [0.15, 0.2) is 0 Å². The molecule has 4 nitrogen and oxygen atoms in total. The number of hydrogen-bond donors (Lipinski definition) is 1. The Kier molecular flexibility index (Phi) is 7.91. The predicted molar refractivity (Wildman–Crippen MR) is 74.4 cm³/mol. The summed E-state index contributed by atoms with van der Waals surface area (Å²) >= 11 is 0. The molecule has 1 N–H and O–H groups in total. The average Bonchev–Trinajstić information content (AvgIpc) is 2.31. The third kappa shape index (κ3) is 4.44. The van der Waals surface area contributed by atoms with Crippen LogP contribution in [0.2, 0.25) is 0 Å². The smallest absolute Gasteiger partial charge is 0.320 e. The third-order valence-electron chi connectivity index (χ3n) is 3.01. The van der Waals surface area contributed by atoms with Crippen LogP contribution in [0.4, 0.5) is 0 Å². The first-order chi connectivity index (χ1) is 7.77. The first kappa shape index (κ1) is 17.2. The van der Waals surface area contributed by atoms with E-state index in [1.54, 1.807) is 12.4 Å². The van der Waals surface area contributed by atoms with Crippen LogP contribution in [0, 0.1) is 0 Å². The van der Waals surface area contributed by atoms with Gasteiger partial charge >= 0.3 is 5.97 Å². The molecule has 0 aliphatic carbocycles. The number of aromatic nitrogens is 1. The van der Waals surface area contributed by atoms with Crippen molar-refractivity contribution < 1.29 is 9.90 Å². The van der Waals surface area contributed by atoms with Crippen LogP contribution in [-0.2, 0) is 11.3 Å². The number of rotatable bonds is 3. The maximum absolute atomic E-state index is 11.1. The molecule has 18 heavy (non-hydrogen) atoms. The molecule has 0 spiro atoms. The molecule has 1 atom stereocenters. The van der Waals surface area contributed by atoms with Crippen LogP contribution < -0.4 is 0 Å². The van der Waals surface area contributed by atoms with Crippen molar-refractivity contribution in [2.24, 2.45) is 0 Å². The fourth-order valence-electron chi connectivity index (χ4n) is 2.19. The Labute approximate surface area is 119 Å². The number of likely N-dealkylation sites (tertiary alicyclic amines) is 1. The van der Waals surface area contributed by atoms with Crippen LogP contribution in [0.15, 0.2) is 24.5 Å². The number of pyridine rings is 1. The maximum Gasteiger partial charge on any atom is 0.320 e. The molecule has 1 fully saturated rings. The van der Waals surface area contributed by atoms with E-state index in [0.29, 0.717) is 6.54 Å². The van der Waals surface area contributed by atoms with E-state index in [1.807, 2.05) is 17.0 Å². The van der Waals surface area contributed by atoms with Gasteiger partial charge in [0.05, 0.1) is 0 Å². The highest BCUT2D eigenvalue weighted by molar-refractivity contribution is 5.85. The summed E-state index contributed by atoms with van der Waals surface area (Å²) in [5, 5.41) is 9.13. The van der Waals surface area contributed by atoms with Crippen molar-refractivity contribution in [3.63, 3.8) is 0 Å². The van der Waals surface area contributed by atoms with E-state index in [4.69, 9.17) is 5.11 Å². The minimum absolute atomic E-state index is 0. The Hall–Kier alpha value is -0.840. The average molecular weight is 293 g/mol. The van der Waals surface area contributed by atoms with Crippen molar-refractivity contribution in [2.45, 2.75) is 31.8 Å². The third-order valence-corrected chi connectivity index (χ3v) is 3.01. The van der Waals surface area contributed by atoms with E-state index in [-0.39, 0.29) is 30.9 Å². The fourth-order valence-corrected chi connectivity index (χ4v) is 2.19. The molecule has 0 saturated carbocycles. The molecule has 1 saturated heterocycles. The lowest BCUT2D eigenvalue weighted by molar-refractivity contribution is -0.144. The fraction of sp³-hybridized carbons (Fsp3) is 0.500. The topological polar surface area (TPSA) is 53.4 Å². The van der Waals surface area contributed by atoms with Crippen LogP contribution in [0.25, 0.3) is 0 Å². The van der Waals surface area contributed by atoms with Crippen molar-refractivity contribution >= 4 is 30.8 Å². The Morgan fingerprint density at radius 3 is 2.83 bits per heavy atom. The molecular formula is C12H18Cl2N2O2. The van der Waals surface area contributed by atoms with Gasteiger partial charge in [-0.15, -0.1) is 24.8 Å². The SMILES string of the molecule is Cl.Cl.O=C(O)C1CCCCN1Cc1cccnc1. The highest BCUT2D eigenvalue weighted by atomic mass is 35.5. The number of aliphatic carboxylic acids is 1. The van der Waals surface area contributed by atoms with Gasteiger partial charge in [0, 0.05) is 18.9 Å². The van der Waals surface area contributed by atoms with Crippen molar-refractivity contribution in [1.82, 2.24) is 9.88 Å². The van der Waals surface area contributed by atoms with E-state index in [1.165, 1.54) is 0 Å². The van der Waals surface area contributed by atoms with Crippen molar-refractivity contribution in [3.05, 3.63) is 30.1 Å². The van der Waals surface area contributed by atoms with Gasteiger partial charge in [0.2, 0.25) is 0 Å². The van der Waals surface area contributed by atoms with Crippen molar-refractivity contribution in [3.8, 4) is 0 Å². The molecule has 1 unspecified atom stereocenters. The van der Waals surface area contributed by atoms with Crippen molar-refractivity contribution in [2.75, 3.05) is 6.54 Å². The second-order valence-electron chi connectivity index (χ2n) is 4.18. The van der Waals surface area contributed by atoms with Gasteiger partial charge < -0.3 is 5.11 Å². The van der Waals surface area contributed by atoms with Crippen LogP contribution >= 0.6 is 24.8 Å². The van der Waals surface area contributed by atoms with Crippen LogP contribution in [-0.4, -0.2) is 33.5 Å². The van der Waals surface area contributed by atoms with E-state index in [2.05, 4.69) is 4.98 Å². The van der Waals surface area contributed by atoms with Gasteiger partial charge in [-0.2, -0.15) is 0 Å².